The van der Waals surface area contributed by atoms with E-state index in [1.807, 2.05) is 24.3 Å². The normalized spacial score (nSPS) is 17.5. The summed E-state index contributed by atoms with van der Waals surface area (Å²) >= 11 is 3.52. The fourth-order valence-corrected chi connectivity index (χ4v) is 2.85. The molecular formula is C13H16BrN5O. The van der Waals surface area contributed by atoms with Crippen LogP contribution in [-0.2, 0) is 6.54 Å². The molecular weight excluding hydrogens is 322 g/mol. The van der Waals surface area contributed by atoms with Gasteiger partial charge < -0.3 is 5.11 Å². The number of likely N-dealkylation sites (tertiary alicyclic amines) is 1. The minimum absolute atomic E-state index is 0.162. The lowest BCUT2D eigenvalue weighted by molar-refractivity contribution is 0.0777. The molecule has 0 unspecified atom stereocenters. The maximum Gasteiger partial charge on any atom is 0.170 e. The van der Waals surface area contributed by atoms with E-state index in [0.717, 1.165) is 41.9 Å². The smallest absolute Gasteiger partial charge is 0.170 e. The highest BCUT2D eigenvalue weighted by atomic mass is 79.9. The maximum atomic E-state index is 9.54. The van der Waals surface area contributed by atoms with Crippen LogP contribution in [0.25, 0.3) is 5.69 Å². The molecule has 1 aliphatic rings. The molecule has 1 aromatic heterocycles. The Morgan fingerprint density at radius 3 is 2.75 bits per heavy atom. The van der Waals surface area contributed by atoms with Gasteiger partial charge in [0.1, 0.15) is 0 Å². The number of tetrazole rings is 1. The zero-order valence-corrected chi connectivity index (χ0v) is 12.6. The van der Waals surface area contributed by atoms with Crippen molar-refractivity contribution in [1.29, 1.82) is 0 Å². The maximum absolute atomic E-state index is 9.54. The van der Waals surface area contributed by atoms with E-state index < -0.39 is 0 Å². The van der Waals surface area contributed by atoms with Crippen molar-refractivity contribution in [2.24, 2.45) is 0 Å². The van der Waals surface area contributed by atoms with Gasteiger partial charge >= 0.3 is 0 Å². The monoisotopic (exact) mass is 337 g/mol. The summed E-state index contributed by atoms with van der Waals surface area (Å²) in [6, 6.07) is 7.87. The average molecular weight is 338 g/mol. The number of para-hydroxylation sites is 1. The molecule has 0 aliphatic carbocycles. The van der Waals surface area contributed by atoms with Crippen molar-refractivity contribution in [2.45, 2.75) is 25.5 Å². The number of halogens is 1. The lowest BCUT2D eigenvalue weighted by Gasteiger charge is -2.28. The van der Waals surface area contributed by atoms with Crippen LogP contribution < -0.4 is 0 Å². The second-order valence-electron chi connectivity index (χ2n) is 4.97. The summed E-state index contributed by atoms with van der Waals surface area (Å²) in [5.74, 6) is 0.813. The molecule has 3 rings (SSSR count). The van der Waals surface area contributed by atoms with Gasteiger partial charge in [0, 0.05) is 17.6 Å². The van der Waals surface area contributed by atoms with Crippen molar-refractivity contribution in [1.82, 2.24) is 25.1 Å². The molecule has 0 spiro atoms. The third kappa shape index (κ3) is 2.89. The molecule has 0 saturated carbocycles. The van der Waals surface area contributed by atoms with Crippen molar-refractivity contribution in [3.63, 3.8) is 0 Å². The number of benzene rings is 1. The predicted molar refractivity (Wildman–Crippen MR) is 77.4 cm³/mol. The summed E-state index contributed by atoms with van der Waals surface area (Å²) in [5.41, 5.74) is 0.935. The van der Waals surface area contributed by atoms with Crippen molar-refractivity contribution in [3.05, 3.63) is 34.6 Å². The second kappa shape index (κ2) is 5.99. The van der Waals surface area contributed by atoms with Gasteiger partial charge in [0.25, 0.3) is 0 Å². The first-order valence-corrected chi connectivity index (χ1v) is 7.46. The molecule has 6 nitrogen and oxygen atoms in total. The molecule has 1 aromatic carbocycles. The third-order valence-electron chi connectivity index (χ3n) is 3.54. The van der Waals surface area contributed by atoms with E-state index in [1.54, 1.807) is 4.68 Å². The Bertz CT molecular complexity index is 580. The number of piperidine rings is 1. The molecule has 2 heterocycles. The number of nitrogens with zero attached hydrogens (tertiary/aromatic N) is 5. The van der Waals surface area contributed by atoms with Gasteiger partial charge in [-0.15, -0.1) is 5.10 Å². The number of rotatable bonds is 3. The molecule has 0 radical (unpaired) electrons. The van der Waals surface area contributed by atoms with Crippen LogP contribution in [-0.4, -0.2) is 49.4 Å². The summed E-state index contributed by atoms with van der Waals surface area (Å²) in [4.78, 5) is 2.27. The first-order chi connectivity index (χ1) is 9.74. The average Bonchev–Trinajstić information content (AvgIpc) is 2.90. The minimum Gasteiger partial charge on any atom is -0.393 e. The van der Waals surface area contributed by atoms with E-state index in [0.29, 0.717) is 6.54 Å². The Kier molecular flexibility index (Phi) is 4.09. The summed E-state index contributed by atoms with van der Waals surface area (Å²) in [6.45, 7) is 2.45. The largest absolute Gasteiger partial charge is 0.393 e. The fourth-order valence-electron chi connectivity index (χ4n) is 2.39. The quantitative estimate of drug-likeness (QED) is 0.916. The minimum atomic E-state index is -0.162. The molecule has 0 atom stereocenters. The Hall–Kier alpha value is -1.31. The molecule has 1 saturated heterocycles. The number of aromatic nitrogens is 4. The van der Waals surface area contributed by atoms with Gasteiger partial charge in [0.2, 0.25) is 0 Å². The second-order valence-corrected chi connectivity index (χ2v) is 5.82. The molecule has 106 valence electrons. The summed E-state index contributed by atoms with van der Waals surface area (Å²) in [7, 11) is 0. The standard InChI is InChI=1S/C13H16BrN5O/c14-11-3-1-2-4-12(11)19-13(15-16-17-19)9-18-7-5-10(20)6-8-18/h1-4,10,20H,5-9H2. The number of aliphatic hydroxyl groups excluding tert-OH is 1. The van der Waals surface area contributed by atoms with Crippen LogP contribution in [0.3, 0.4) is 0 Å². The molecule has 20 heavy (non-hydrogen) atoms. The fraction of sp³-hybridized carbons (Fsp3) is 0.462. The third-order valence-corrected chi connectivity index (χ3v) is 4.21. The van der Waals surface area contributed by atoms with Crippen LogP contribution in [0.4, 0.5) is 0 Å². The van der Waals surface area contributed by atoms with E-state index in [2.05, 4.69) is 36.4 Å². The first kappa shape index (κ1) is 13.7. The number of aliphatic hydroxyl groups is 1. The van der Waals surface area contributed by atoms with Crippen LogP contribution in [0, 0.1) is 0 Å². The summed E-state index contributed by atoms with van der Waals surface area (Å²) in [6.07, 6.45) is 1.47. The zero-order valence-electron chi connectivity index (χ0n) is 11.0. The molecule has 1 fully saturated rings. The lowest BCUT2D eigenvalue weighted by atomic mass is 10.1. The highest BCUT2D eigenvalue weighted by Gasteiger charge is 2.20. The Labute approximate surface area is 125 Å². The topological polar surface area (TPSA) is 67.1 Å². The highest BCUT2D eigenvalue weighted by Crippen LogP contribution is 2.21. The summed E-state index contributed by atoms with van der Waals surface area (Å²) < 4.78 is 2.72. The lowest BCUT2D eigenvalue weighted by Crippen LogP contribution is -2.36. The van der Waals surface area contributed by atoms with Gasteiger partial charge in [0.05, 0.1) is 18.3 Å². The van der Waals surface area contributed by atoms with Gasteiger partial charge in [-0.25, -0.2) is 0 Å². The van der Waals surface area contributed by atoms with E-state index in [-0.39, 0.29) is 6.10 Å². The molecule has 1 aliphatic heterocycles. The van der Waals surface area contributed by atoms with Gasteiger partial charge in [-0.1, -0.05) is 12.1 Å². The molecule has 7 heteroatoms. The number of hydrogen-bond acceptors (Lipinski definition) is 5. The number of hydrogen-bond donors (Lipinski definition) is 1. The summed E-state index contributed by atoms with van der Waals surface area (Å²) in [5, 5.41) is 21.5. The van der Waals surface area contributed by atoms with Crippen molar-refractivity contribution >= 4 is 15.9 Å². The van der Waals surface area contributed by atoms with E-state index in [4.69, 9.17) is 0 Å². The van der Waals surface area contributed by atoms with Crippen molar-refractivity contribution < 1.29 is 5.11 Å². The Morgan fingerprint density at radius 1 is 1.25 bits per heavy atom. The molecule has 0 bridgehead atoms. The zero-order chi connectivity index (χ0) is 13.9. The van der Waals surface area contributed by atoms with Crippen LogP contribution in [0.2, 0.25) is 0 Å². The van der Waals surface area contributed by atoms with Gasteiger partial charge in [-0.3, -0.25) is 4.90 Å². The van der Waals surface area contributed by atoms with E-state index in [9.17, 15) is 5.11 Å². The van der Waals surface area contributed by atoms with Gasteiger partial charge in [-0.2, -0.15) is 4.68 Å². The molecule has 0 amide bonds. The van der Waals surface area contributed by atoms with Crippen LogP contribution >= 0.6 is 15.9 Å². The first-order valence-electron chi connectivity index (χ1n) is 6.66. The predicted octanol–water partition coefficient (Wildman–Crippen LogP) is 1.38. The van der Waals surface area contributed by atoms with E-state index >= 15 is 0 Å². The van der Waals surface area contributed by atoms with Crippen LogP contribution in [0.5, 0.6) is 0 Å². The van der Waals surface area contributed by atoms with Crippen molar-refractivity contribution in [3.8, 4) is 5.69 Å². The SMILES string of the molecule is OC1CCN(Cc2nnnn2-c2ccccc2Br)CC1. The van der Waals surface area contributed by atoms with Crippen molar-refractivity contribution in [2.75, 3.05) is 13.1 Å². The van der Waals surface area contributed by atoms with Gasteiger partial charge in [0.15, 0.2) is 5.82 Å². The Morgan fingerprint density at radius 2 is 2.00 bits per heavy atom. The van der Waals surface area contributed by atoms with Crippen LogP contribution in [0.1, 0.15) is 18.7 Å². The molecule has 2 aromatic rings. The molecule has 1 N–H and O–H groups in total. The Balaban J connectivity index is 1.79. The highest BCUT2D eigenvalue weighted by molar-refractivity contribution is 9.10. The van der Waals surface area contributed by atoms with Crippen LogP contribution in [0.15, 0.2) is 28.7 Å². The van der Waals surface area contributed by atoms with E-state index in [1.165, 1.54) is 0 Å². The van der Waals surface area contributed by atoms with Gasteiger partial charge in [-0.05, 0) is 51.3 Å².